The number of para-hydroxylation sites is 1. The number of carbonyl (C=O) groups excluding carboxylic acids is 1. The van der Waals surface area contributed by atoms with Gasteiger partial charge in [0.1, 0.15) is 5.82 Å². The monoisotopic (exact) mass is 346 g/mol. The zero-order chi connectivity index (χ0) is 17.9. The normalized spacial score (nSPS) is 17.3. The first-order valence-electron chi connectivity index (χ1n) is 9.02. The van der Waals surface area contributed by atoms with Gasteiger partial charge in [-0.1, -0.05) is 18.2 Å². The summed E-state index contributed by atoms with van der Waals surface area (Å²) in [5, 5.41) is 4.08. The fraction of sp³-hybridized carbons (Fsp3) is 0.286. The van der Waals surface area contributed by atoms with E-state index in [4.69, 9.17) is 0 Å². The van der Waals surface area contributed by atoms with Crippen LogP contribution in [0.1, 0.15) is 34.7 Å². The van der Waals surface area contributed by atoms with Crippen molar-refractivity contribution in [3.63, 3.8) is 0 Å². The molecule has 3 heterocycles. The molecule has 0 spiro atoms. The molecule has 2 aromatic heterocycles. The second-order valence-corrected chi connectivity index (χ2v) is 6.73. The van der Waals surface area contributed by atoms with Crippen LogP contribution in [0.25, 0.3) is 10.9 Å². The standard InChI is InChI=1S/C21H22N4O/c1-22-20-12-15(8-9-23-20)17-6-4-10-25(14-17)21(26)18-11-16-5-2-3-7-19(16)24-13-18/h2-3,5,7-9,11-13,17H,4,6,10,14H2,1H3,(H,22,23)/t17-/m1/s1. The lowest BCUT2D eigenvalue weighted by Crippen LogP contribution is -2.39. The molecule has 0 saturated carbocycles. The summed E-state index contributed by atoms with van der Waals surface area (Å²) in [5.74, 6) is 1.27. The van der Waals surface area contributed by atoms with Crippen LogP contribution in [0.4, 0.5) is 5.82 Å². The maximum absolute atomic E-state index is 13.0. The Morgan fingerprint density at radius 2 is 2.08 bits per heavy atom. The Bertz CT molecular complexity index is 940. The van der Waals surface area contributed by atoms with Crippen molar-refractivity contribution in [3.05, 3.63) is 66.0 Å². The highest BCUT2D eigenvalue weighted by molar-refractivity contribution is 5.97. The van der Waals surface area contributed by atoms with Crippen molar-refractivity contribution in [2.24, 2.45) is 0 Å². The molecule has 4 rings (SSSR count). The van der Waals surface area contributed by atoms with E-state index in [1.165, 1.54) is 5.56 Å². The number of nitrogens with one attached hydrogen (secondary N) is 1. The first kappa shape index (κ1) is 16.5. The average molecular weight is 346 g/mol. The molecule has 3 aromatic rings. The number of rotatable bonds is 3. The summed E-state index contributed by atoms with van der Waals surface area (Å²) in [4.78, 5) is 23.7. The highest BCUT2D eigenvalue weighted by atomic mass is 16.2. The number of carbonyl (C=O) groups is 1. The van der Waals surface area contributed by atoms with E-state index in [9.17, 15) is 4.79 Å². The molecule has 0 aliphatic carbocycles. The fourth-order valence-electron chi connectivity index (χ4n) is 3.64. The van der Waals surface area contributed by atoms with Crippen molar-refractivity contribution in [1.29, 1.82) is 0 Å². The molecule has 1 aliphatic heterocycles. The van der Waals surface area contributed by atoms with Gasteiger partial charge in [0, 0.05) is 43.8 Å². The number of anilines is 1. The Morgan fingerprint density at radius 1 is 1.19 bits per heavy atom. The number of hydrogen-bond donors (Lipinski definition) is 1. The highest BCUT2D eigenvalue weighted by Gasteiger charge is 2.26. The van der Waals surface area contributed by atoms with Crippen LogP contribution in [0.5, 0.6) is 0 Å². The summed E-state index contributed by atoms with van der Waals surface area (Å²) in [5.41, 5.74) is 2.81. The Balaban J connectivity index is 1.55. The molecule has 1 amide bonds. The van der Waals surface area contributed by atoms with Gasteiger partial charge < -0.3 is 10.2 Å². The SMILES string of the molecule is CNc1cc([C@@H]2CCCN(C(=O)c3cnc4ccccc4c3)C2)ccn1. The van der Waals surface area contributed by atoms with Gasteiger partial charge in [0.05, 0.1) is 11.1 Å². The van der Waals surface area contributed by atoms with E-state index in [1.54, 1.807) is 6.20 Å². The van der Waals surface area contributed by atoms with Crippen LogP contribution < -0.4 is 5.32 Å². The van der Waals surface area contributed by atoms with E-state index >= 15 is 0 Å². The highest BCUT2D eigenvalue weighted by Crippen LogP contribution is 2.28. The van der Waals surface area contributed by atoms with Crippen LogP contribution in [0.15, 0.2) is 54.9 Å². The number of pyridine rings is 2. The van der Waals surface area contributed by atoms with Crippen LogP contribution in [0.3, 0.4) is 0 Å². The van der Waals surface area contributed by atoms with E-state index in [-0.39, 0.29) is 5.91 Å². The van der Waals surface area contributed by atoms with Crippen LogP contribution in [-0.4, -0.2) is 40.9 Å². The van der Waals surface area contributed by atoms with Crippen molar-refractivity contribution in [2.45, 2.75) is 18.8 Å². The Hall–Kier alpha value is -2.95. The van der Waals surface area contributed by atoms with Crippen molar-refractivity contribution in [1.82, 2.24) is 14.9 Å². The minimum absolute atomic E-state index is 0.0656. The third-order valence-corrected chi connectivity index (χ3v) is 5.06. The maximum atomic E-state index is 13.0. The zero-order valence-electron chi connectivity index (χ0n) is 14.9. The molecule has 132 valence electrons. The number of likely N-dealkylation sites (tertiary alicyclic amines) is 1. The molecule has 0 radical (unpaired) electrons. The number of benzene rings is 1. The van der Waals surface area contributed by atoms with Gasteiger partial charge in [-0.2, -0.15) is 0 Å². The number of nitrogens with zero attached hydrogens (tertiary/aromatic N) is 3. The molecule has 0 bridgehead atoms. The summed E-state index contributed by atoms with van der Waals surface area (Å²) in [6.45, 7) is 1.53. The molecule has 26 heavy (non-hydrogen) atoms. The molecule has 1 atom stereocenters. The van der Waals surface area contributed by atoms with Gasteiger partial charge in [-0.15, -0.1) is 0 Å². The second kappa shape index (κ2) is 7.12. The average Bonchev–Trinajstić information content (AvgIpc) is 2.73. The molecule has 0 unspecified atom stereocenters. The lowest BCUT2D eigenvalue weighted by molar-refractivity contribution is 0.0707. The molecule has 1 N–H and O–H groups in total. The van der Waals surface area contributed by atoms with Gasteiger partial charge >= 0.3 is 0 Å². The third kappa shape index (κ3) is 3.25. The lowest BCUT2D eigenvalue weighted by Gasteiger charge is -2.33. The number of hydrogen-bond acceptors (Lipinski definition) is 4. The molecular formula is C21H22N4O. The van der Waals surface area contributed by atoms with E-state index in [1.807, 2.05) is 48.5 Å². The van der Waals surface area contributed by atoms with E-state index in [2.05, 4.69) is 27.4 Å². The first-order valence-corrected chi connectivity index (χ1v) is 9.02. The molecule has 5 nitrogen and oxygen atoms in total. The van der Waals surface area contributed by atoms with E-state index < -0.39 is 0 Å². The third-order valence-electron chi connectivity index (χ3n) is 5.06. The van der Waals surface area contributed by atoms with Gasteiger partial charge in [0.15, 0.2) is 0 Å². The van der Waals surface area contributed by atoms with Crippen molar-refractivity contribution in [2.75, 3.05) is 25.5 Å². The van der Waals surface area contributed by atoms with Gasteiger partial charge in [0.25, 0.3) is 5.91 Å². The largest absolute Gasteiger partial charge is 0.373 e. The Kier molecular flexibility index (Phi) is 4.52. The fourth-order valence-corrected chi connectivity index (χ4v) is 3.64. The lowest BCUT2D eigenvalue weighted by atomic mass is 9.91. The topological polar surface area (TPSA) is 58.1 Å². The summed E-state index contributed by atoms with van der Waals surface area (Å²) in [6.07, 6.45) is 5.62. The molecule has 5 heteroatoms. The predicted octanol–water partition coefficient (Wildman–Crippen LogP) is 3.69. The Labute approximate surface area is 153 Å². The maximum Gasteiger partial charge on any atom is 0.255 e. The summed E-state index contributed by atoms with van der Waals surface area (Å²) < 4.78 is 0. The number of piperidine rings is 1. The molecular weight excluding hydrogens is 324 g/mol. The van der Waals surface area contributed by atoms with Crippen molar-refractivity contribution < 1.29 is 4.79 Å². The van der Waals surface area contributed by atoms with E-state index in [0.717, 1.165) is 42.7 Å². The van der Waals surface area contributed by atoms with Crippen molar-refractivity contribution >= 4 is 22.6 Å². The Morgan fingerprint density at radius 3 is 2.96 bits per heavy atom. The quantitative estimate of drug-likeness (QED) is 0.786. The molecule has 1 aromatic carbocycles. The van der Waals surface area contributed by atoms with Gasteiger partial charge in [0.2, 0.25) is 0 Å². The summed E-state index contributed by atoms with van der Waals surface area (Å²) in [7, 11) is 1.87. The molecule has 1 aliphatic rings. The first-order chi connectivity index (χ1) is 12.7. The zero-order valence-corrected chi connectivity index (χ0v) is 14.9. The second-order valence-electron chi connectivity index (χ2n) is 6.73. The van der Waals surface area contributed by atoms with E-state index in [0.29, 0.717) is 11.5 Å². The van der Waals surface area contributed by atoms with Gasteiger partial charge in [-0.05, 0) is 42.7 Å². The van der Waals surface area contributed by atoms with Crippen LogP contribution in [0.2, 0.25) is 0 Å². The minimum Gasteiger partial charge on any atom is -0.373 e. The number of amides is 1. The van der Waals surface area contributed by atoms with Gasteiger partial charge in [-0.25, -0.2) is 4.98 Å². The summed E-state index contributed by atoms with van der Waals surface area (Å²) >= 11 is 0. The van der Waals surface area contributed by atoms with Crippen LogP contribution in [0, 0.1) is 0 Å². The number of fused-ring (bicyclic) bond motifs is 1. The van der Waals surface area contributed by atoms with Crippen LogP contribution >= 0.6 is 0 Å². The van der Waals surface area contributed by atoms with Crippen LogP contribution in [-0.2, 0) is 0 Å². The van der Waals surface area contributed by atoms with Crippen molar-refractivity contribution in [3.8, 4) is 0 Å². The minimum atomic E-state index is 0.0656. The summed E-state index contributed by atoms with van der Waals surface area (Å²) in [6, 6.07) is 14.0. The predicted molar refractivity (Wildman–Crippen MR) is 103 cm³/mol. The van der Waals surface area contributed by atoms with Gasteiger partial charge in [-0.3, -0.25) is 9.78 Å². The molecule has 1 saturated heterocycles. The molecule has 1 fully saturated rings. The smallest absolute Gasteiger partial charge is 0.255 e. The number of aromatic nitrogens is 2.